The van der Waals surface area contributed by atoms with Crippen LogP contribution in [0.2, 0.25) is 0 Å². The molecule has 0 N–H and O–H groups in total. The topological polar surface area (TPSA) is 76.2 Å². The van der Waals surface area contributed by atoms with E-state index >= 15 is 0 Å². The summed E-state index contributed by atoms with van der Waals surface area (Å²) in [6, 6.07) is 14.1. The van der Waals surface area contributed by atoms with Crippen LogP contribution in [0.1, 0.15) is 27.6 Å². The van der Waals surface area contributed by atoms with E-state index in [2.05, 4.69) is 0 Å². The lowest BCUT2D eigenvalue weighted by Crippen LogP contribution is -2.55. The highest BCUT2D eigenvalue weighted by Gasteiger charge is 2.33. The van der Waals surface area contributed by atoms with Crippen molar-refractivity contribution in [3.05, 3.63) is 59.7 Å². The fraction of sp³-hybridized carbons (Fsp3) is 0.318. The van der Waals surface area contributed by atoms with Crippen LogP contribution >= 0.6 is 0 Å². The summed E-state index contributed by atoms with van der Waals surface area (Å²) in [5, 5.41) is 0. The van der Waals surface area contributed by atoms with E-state index in [0.717, 1.165) is 0 Å². The first-order valence-electron chi connectivity index (χ1n) is 9.61. The number of para-hydroxylation sites is 2. The van der Waals surface area contributed by atoms with Gasteiger partial charge in [-0.15, -0.1) is 0 Å². The van der Waals surface area contributed by atoms with Crippen LogP contribution in [0.25, 0.3) is 0 Å². The Kier molecular flexibility index (Phi) is 5.20. The number of carbonyl (C=O) groups excluding carboxylic acids is 3. The van der Waals surface area contributed by atoms with Crippen LogP contribution in [0, 0.1) is 0 Å². The maximum atomic E-state index is 12.9. The summed E-state index contributed by atoms with van der Waals surface area (Å²) in [5.74, 6) is 0.727. The lowest BCUT2D eigenvalue weighted by atomic mass is 10.0. The van der Waals surface area contributed by atoms with Gasteiger partial charge in [0.25, 0.3) is 11.8 Å². The van der Waals surface area contributed by atoms with Crippen molar-refractivity contribution in [2.75, 3.05) is 32.8 Å². The molecule has 4 rings (SSSR count). The van der Waals surface area contributed by atoms with E-state index in [1.165, 1.54) is 6.92 Å². The highest BCUT2D eigenvalue weighted by molar-refractivity contribution is 6.07. The Morgan fingerprint density at radius 1 is 0.828 bits per heavy atom. The van der Waals surface area contributed by atoms with Crippen molar-refractivity contribution in [1.29, 1.82) is 0 Å². The maximum absolute atomic E-state index is 12.9. The molecule has 0 aromatic heterocycles. The Labute approximate surface area is 168 Å². The molecule has 0 radical (unpaired) electrons. The zero-order valence-corrected chi connectivity index (χ0v) is 16.2. The number of carbonyl (C=O) groups is 3. The molecule has 0 spiro atoms. The van der Waals surface area contributed by atoms with Crippen molar-refractivity contribution < 1.29 is 23.9 Å². The first-order valence-corrected chi connectivity index (χ1v) is 9.61. The monoisotopic (exact) mass is 394 g/mol. The molecular formula is C22H22N2O5. The average molecular weight is 394 g/mol. The van der Waals surface area contributed by atoms with Gasteiger partial charge in [-0.3, -0.25) is 14.4 Å². The van der Waals surface area contributed by atoms with E-state index in [1.54, 1.807) is 46.2 Å². The average Bonchev–Trinajstić information content (AvgIpc) is 2.78. The maximum Gasteiger partial charge on any atom is 0.267 e. The second-order valence-electron chi connectivity index (χ2n) is 7.08. The molecule has 2 amide bonds. The quantitative estimate of drug-likeness (QED) is 0.745. The minimum absolute atomic E-state index is 0.141. The van der Waals surface area contributed by atoms with Crippen molar-refractivity contribution in [2.45, 2.75) is 13.0 Å². The largest absolute Gasteiger partial charge is 0.485 e. The minimum atomic E-state index is -0.689. The highest BCUT2D eigenvalue weighted by Crippen LogP contribution is 2.31. The van der Waals surface area contributed by atoms with Crippen LogP contribution in [0.15, 0.2) is 48.5 Å². The fourth-order valence-corrected chi connectivity index (χ4v) is 3.62. The van der Waals surface area contributed by atoms with Crippen molar-refractivity contribution in [3.8, 4) is 11.5 Å². The van der Waals surface area contributed by atoms with Gasteiger partial charge in [0, 0.05) is 31.7 Å². The Balaban J connectivity index is 1.38. The van der Waals surface area contributed by atoms with Crippen LogP contribution < -0.4 is 9.47 Å². The van der Waals surface area contributed by atoms with E-state index < -0.39 is 6.10 Å². The van der Waals surface area contributed by atoms with Gasteiger partial charge in [-0.1, -0.05) is 30.3 Å². The zero-order valence-electron chi connectivity index (χ0n) is 16.2. The summed E-state index contributed by atoms with van der Waals surface area (Å²) < 4.78 is 11.4. The number of Topliss-reactive ketones (excluding diaryl/α,β-unsaturated/α-hetero) is 1. The molecule has 150 valence electrons. The van der Waals surface area contributed by atoms with Crippen LogP contribution in [-0.2, 0) is 4.79 Å². The summed E-state index contributed by atoms with van der Waals surface area (Å²) in [6.45, 7) is 3.25. The fourth-order valence-electron chi connectivity index (χ4n) is 3.62. The number of ether oxygens (including phenoxy) is 2. The van der Waals surface area contributed by atoms with Gasteiger partial charge in [-0.25, -0.2) is 0 Å². The van der Waals surface area contributed by atoms with E-state index in [4.69, 9.17) is 9.47 Å². The number of nitrogens with zero attached hydrogens (tertiary/aromatic N) is 2. The van der Waals surface area contributed by atoms with Crippen molar-refractivity contribution in [1.82, 2.24) is 9.80 Å². The summed E-state index contributed by atoms with van der Waals surface area (Å²) in [5.41, 5.74) is 0.822. The normalized spacial score (nSPS) is 18.3. The number of benzene rings is 2. The Bertz CT molecular complexity index is 950. The molecule has 2 aromatic carbocycles. The van der Waals surface area contributed by atoms with Gasteiger partial charge in [0.2, 0.25) is 6.10 Å². The SMILES string of the molecule is CC(=O)c1ccccc1C(=O)N1CCN(C(=O)C2COc3ccccc3O2)CC1. The lowest BCUT2D eigenvalue weighted by Gasteiger charge is -2.37. The predicted molar refractivity (Wildman–Crippen MR) is 105 cm³/mol. The van der Waals surface area contributed by atoms with Gasteiger partial charge in [-0.05, 0) is 25.1 Å². The number of ketones is 1. The summed E-state index contributed by atoms with van der Waals surface area (Å²) >= 11 is 0. The van der Waals surface area contributed by atoms with E-state index in [-0.39, 0.29) is 24.2 Å². The lowest BCUT2D eigenvalue weighted by molar-refractivity contribution is -0.142. The van der Waals surface area contributed by atoms with E-state index in [9.17, 15) is 14.4 Å². The number of hydrogen-bond acceptors (Lipinski definition) is 5. The smallest absolute Gasteiger partial charge is 0.267 e. The molecule has 0 bridgehead atoms. The molecule has 1 fully saturated rings. The molecule has 1 saturated heterocycles. The van der Waals surface area contributed by atoms with Crippen LogP contribution in [-0.4, -0.2) is 66.3 Å². The molecule has 29 heavy (non-hydrogen) atoms. The number of hydrogen-bond donors (Lipinski definition) is 0. The number of fused-ring (bicyclic) bond motifs is 1. The molecule has 2 heterocycles. The first-order chi connectivity index (χ1) is 14.0. The van der Waals surface area contributed by atoms with Crippen LogP contribution in [0.5, 0.6) is 11.5 Å². The van der Waals surface area contributed by atoms with Gasteiger partial charge in [0.05, 0.1) is 5.56 Å². The van der Waals surface area contributed by atoms with Crippen molar-refractivity contribution in [3.63, 3.8) is 0 Å². The van der Waals surface area contributed by atoms with E-state index in [1.807, 2.05) is 12.1 Å². The van der Waals surface area contributed by atoms with Crippen LogP contribution in [0.4, 0.5) is 0 Å². The first kappa shape index (κ1) is 19.0. The van der Waals surface area contributed by atoms with Gasteiger partial charge in [0.15, 0.2) is 17.3 Å². The Morgan fingerprint density at radius 2 is 1.41 bits per heavy atom. The summed E-state index contributed by atoms with van der Waals surface area (Å²) in [6.07, 6.45) is -0.689. The molecule has 7 nitrogen and oxygen atoms in total. The van der Waals surface area contributed by atoms with Crippen molar-refractivity contribution in [2.24, 2.45) is 0 Å². The highest BCUT2D eigenvalue weighted by atomic mass is 16.6. The predicted octanol–water partition coefficient (Wildman–Crippen LogP) is 2.01. The van der Waals surface area contributed by atoms with Gasteiger partial charge < -0.3 is 19.3 Å². The van der Waals surface area contributed by atoms with Gasteiger partial charge in [-0.2, -0.15) is 0 Å². The second kappa shape index (κ2) is 7.95. The second-order valence-corrected chi connectivity index (χ2v) is 7.08. The molecule has 7 heteroatoms. The molecule has 0 aliphatic carbocycles. The molecular weight excluding hydrogens is 372 g/mol. The Hall–Kier alpha value is -3.35. The third-order valence-corrected chi connectivity index (χ3v) is 5.20. The number of piperazine rings is 1. The molecule has 2 aliphatic heterocycles. The third-order valence-electron chi connectivity index (χ3n) is 5.20. The molecule has 2 aliphatic rings. The molecule has 0 saturated carbocycles. The third kappa shape index (κ3) is 3.81. The number of rotatable bonds is 3. The molecule has 1 unspecified atom stereocenters. The Morgan fingerprint density at radius 3 is 2.10 bits per heavy atom. The molecule has 2 aromatic rings. The number of amides is 2. The summed E-state index contributed by atoms with van der Waals surface area (Å²) in [4.78, 5) is 40.9. The molecule has 1 atom stereocenters. The van der Waals surface area contributed by atoms with Crippen molar-refractivity contribution >= 4 is 17.6 Å². The minimum Gasteiger partial charge on any atom is -0.485 e. The van der Waals surface area contributed by atoms with Gasteiger partial charge in [0.1, 0.15) is 6.61 Å². The van der Waals surface area contributed by atoms with Gasteiger partial charge >= 0.3 is 0 Å². The van der Waals surface area contributed by atoms with Crippen LogP contribution in [0.3, 0.4) is 0 Å². The zero-order chi connectivity index (χ0) is 20.4. The van der Waals surface area contributed by atoms with E-state index in [0.29, 0.717) is 48.8 Å². The standard InChI is InChI=1S/C22H22N2O5/c1-15(25)16-6-2-3-7-17(16)21(26)23-10-12-24(13-11-23)22(27)20-14-28-18-8-4-5-9-19(18)29-20/h2-9,20H,10-14H2,1H3. The summed E-state index contributed by atoms with van der Waals surface area (Å²) in [7, 11) is 0.